The van der Waals surface area contributed by atoms with Crippen molar-refractivity contribution in [2.24, 2.45) is 5.41 Å². The Morgan fingerprint density at radius 2 is 2.10 bits per heavy atom. The number of carboxylic acids is 1. The zero-order valence-electron chi connectivity index (χ0n) is 11.7. The lowest BCUT2D eigenvalue weighted by Gasteiger charge is -2.27. The van der Waals surface area contributed by atoms with Crippen molar-refractivity contribution >= 4 is 11.9 Å². The number of amides is 1. The third-order valence-corrected chi connectivity index (χ3v) is 4.07. The lowest BCUT2D eigenvalue weighted by atomic mass is 9.79. The molecular formula is C15H21NO4. The van der Waals surface area contributed by atoms with Gasteiger partial charge in [-0.1, -0.05) is 12.8 Å². The first kappa shape index (κ1) is 14.6. The number of rotatable bonds is 6. The molecule has 0 saturated heterocycles. The largest absolute Gasteiger partial charge is 0.481 e. The van der Waals surface area contributed by atoms with Gasteiger partial charge in [-0.25, -0.2) is 0 Å². The molecule has 5 nitrogen and oxygen atoms in total. The second-order valence-corrected chi connectivity index (χ2v) is 5.76. The molecule has 0 radical (unpaired) electrons. The Kier molecular flexibility index (Phi) is 4.47. The summed E-state index contributed by atoms with van der Waals surface area (Å²) in [5, 5.41) is 11.9. The van der Waals surface area contributed by atoms with E-state index < -0.39 is 5.97 Å². The van der Waals surface area contributed by atoms with Gasteiger partial charge in [-0.3, -0.25) is 9.59 Å². The van der Waals surface area contributed by atoms with Gasteiger partial charge < -0.3 is 14.8 Å². The molecule has 0 spiro atoms. The molecule has 0 aliphatic heterocycles. The fourth-order valence-electron chi connectivity index (χ4n) is 3.10. The molecule has 1 saturated carbocycles. The summed E-state index contributed by atoms with van der Waals surface area (Å²) in [5.41, 5.74) is -0.362. The van der Waals surface area contributed by atoms with Crippen LogP contribution in [0.1, 0.15) is 57.3 Å². The second-order valence-electron chi connectivity index (χ2n) is 5.76. The molecule has 1 aromatic heterocycles. The summed E-state index contributed by atoms with van der Waals surface area (Å²) in [6.45, 7) is 1.86. The molecule has 2 N–H and O–H groups in total. The minimum absolute atomic E-state index is 0.0789. The van der Waals surface area contributed by atoms with E-state index in [4.69, 9.17) is 9.52 Å². The normalized spacial score (nSPS) is 18.6. The number of aliphatic carboxylic acids is 1. The molecule has 1 heterocycles. The van der Waals surface area contributed by atoms with Gasteiger partial charge in [0, 0.05) is 6.42 Å². The molecule has 0 aromatic carbocycles. The van der Waals surface area contributed by atoms with E-state index in [-0.39, 0.29) is 30.2 Å². The number of nitrogens with one attached hydrogen (secondary N) is 1. The molecule has 1 atom stereocenters. The van der Waals surface area contributed by atoms with Crippen LogP contribution in [0.25, 0.3) is 0 Å². The number of hydrogen-bond acceptors (Lipinski definition) is 3. The van der Waals surface area contributed by atoms with E-state index in [0.29, 0.717) is 5.76 Å². The van der Waals surface area contributed by atoms with Crippen LogP contribution in [0.15, 0.2) is 22.8 Å². The van der Waals surface area contributed by atoms with Crippen molar-refractivity contribution in [2.45, 2.75) is 51.5 Å². The topological polar surface area (TPSA) is 79.5 Å². The SMILES string of the molecule is C[C@@H](NC(=O)CC1(CC(=O)O)CCCC1)c1ccco1. The highest BCUT2D eigenvalue weighted by molar-refractivity contribution is 5.78. The Hall–Kier alpha value is -1.78. The summed E-state index contributed by atoms with van der Waals surface area (Å²) in [6, 6.07) is 3.40. The smallest absolute Gasteiger partial charge is 0.303 e. The lowest BCUT2D eigenvalue weighted by molar-refractivity contribution is -0.140. The van der Waals surface area contributed by atoms with E-state index in [9.17, 15) is 9.59 Å². The van der Waals surface area contributed by atoms with Crippen LogP contribution in [0.2, 0.25) is 0 Å². The predicted molar refractivity (Wildman–Crippen MR) is 73.0 cm³/mol. The average Bonchev–Trinajstić information content (AvgIpc) is 2.98. The number of furan rings is 1. The predicted octanol–water partition coefficient (Wildman–Crippen LogP) is 2.88. The third kappa shape index (κ3) is 3.62. The van der Waals surface area contributed by atoms with Crippen molar-refractivity contribution in [3.8, 4) is 0 Å². The van der Waals surface area contributed by atoms with Gasteiger partial charge in [0.25, 0.3) is 0 Å². The van der Waals surface area contributed by atoms with Crippen molar-refractivity contribution in [1.29, 1.82) is 0 Å². The molecule has 1 aliphatic carbocycles. The molecule has 110 valence electrons. The minimum Gasteiger partial charge on any atom is -0.481 e. The van der Waals surface area contributed by atoms with Gasteiger partial charge in [0.2, 0.25) is 5.91 Å². The summed E-state index contributed by atoms with van der Waals surface area (Å²) in [4.78, 5) is 23.1. The summed E-state index contributed by atoms with van der Waals surface area (Å²) in [5.74, 6) is -0.215. The van der Waals surface area contributed by atoms with Crippen LogP contribution in [-0.4, -0.2) is 17.0 Å². The zero-order valence-corrected chi connectivity index (χ0v) is 11.7. The zero-order chi connectivity index (χ0) is 14.6. The first-order valence-electron chi connectivity index (χ1n) is 7.05. The van der Waals surface area contributed by atoms with E-state index in [1.165, 1.54) is 0 Å². The van der Waals surface area contributed by atoms with Crippen molar-refractivity contribution in [3.63, 3.8) is 0 Å². The van der Waals surface area contributed by atoms with Gasteiger partial charge >= 0.3 is 5.97 Å². The molecule has 0 unspecified atom stereocenters. The second kappa shape index (κ2) is 6.11. The van der Waals surface area contributed by atoms with Gasteiger partial charge in [0.1, 0.15) is 5.76 Å². The van der Waals surface area contributed by atoms with Crippen LogP contribution >= 0.6 is 0 Å². The van der Waals surface area contributed by atoms with Crippen LogP contribution in [-0.2, 0) is 9.59 Å². The highest BCUT2D eigenvalue weighted by atomic mass is 16.4. The van der Waals surface area contributed by atoms with E-state index >= 15 is 0 Å². The average molecular weight is 279 g/mol. The summed E-state index contributed by atoms with van der Waals surface area (Å²) in [6.07, 6.45) is 5.59. The summed E-state index contributed by atoms with van der Waals surface area (Å²) in [7, 11) is 0. The van der Waals surface area contributed by atoms with Gasteiger partial charge in [0.15, 0.2) is 0 Å². The Balaban J connectivity index is 1.93. The van der Waals surface area contributed by atoms with E-state index in [1.807, 2.05) is 13.0 Å². The Morgan fingerprint density at radius 1 is 1.40 bits per heavy atom. The first-order valence-corrected chi connectivity index (χ1v) is 7.05. The molecular weight excluding hydrogens is 258 g/mol. The van der Waals surface area contributed by atoms with E-state index in [0.717, 1.165) is 25.7 Å². The van der Waals surface area contributed by atoms with Gasteiger partial charge in [-0.15, -0.1) is 0 Å². The fraction of sp³-hybridized carbons (Fsp3) is 0.600. The van der Waals surface area contributed by atoms with Crippen LogP contribution in [0.4, 0.5) is 0 Å². The fourth-order valence-corrected chi connectivity index (χ4v) is 3.10. The lowest BCUT2D eigenvalue weighted by Crippen LogP contribution is -2.33. The molecule has 2 rings (SSSR count). The number of carboxylic acid groups (broad SMARTS) is 1. The Bertz CT molecular complexity index is 460. The van der Waals surface area contributed by atoms with Crippen molar-refractivity contribution < 1.29 is 19.1 Å². The highest BCUT2D eigenvalue weighted by Gasteiger charge is 2.38. The molecule has 1 amide bonds. The molecule has 20 heavy (non-hydrogen) atoms. The van der Waals surface area contributed by atoms with Crippen molar-refractivity contribution in [2.75, 3.05) is 0 Å². The molecule has 1 fully saturated rings. The number of carbonyl (C=O) groups excluding carboxylic acids is 1. The van der Waals surface area contributed by atoms with Crippen LogP contribution in [0, 0.1) is 5.41 Å². The van der Waals surface area contributed by atoms with Crippen LogP contribution < -0.4 is 5.32 Å². The Labute approximate surface area is 118 Å². The minimum atomic E-state index is -0.821. The van der Waals surface area contributed by atoms with Gasteiger partial charge in [0.05, 0.1) is 18.7 Å². The van der Waals surface area contributed by atoms with Gasteiger partial charge in [-0.05, 0) is 37.3 Å². The maximum Gasteiger partial charge on any atom is 0.303 e. The standard InChI is InChI=1S/C15H21NO4/c1-11(12-5-4-8-20-12)16-13(17)9-15(10-14(18)19)6-2-3-7-15/h4-5,8,11H,2-3,6-7,9-10H2,1H3,(H,16,17)(H,18,19)/t11-/m1/s1. The molecule has 5 heteroatoms. The van der Waals surface area contributed by atoms with E-state index in [2.05, 4.69) is 5.32 Å². The summed E-state index contributed by atoms with van der Waals surface area (Å²) >= 11 is 0. The number of hydrogen-bond donors (Lipinski definition) is 2. The summed E-state index contributed by atoms with van der Waals surface area (Å²) < 4.78 is 5.25. The molecule has 1 aliphatic rings. The van der Waals surface area contributed by atoms with Crippen molar-refractivity contribution in [3.05, 3.63) is 24.2 Å². The quantitative estimate of drug-likeness (QED) is 0.839. The Morgan fingerprint density at radius 3 is 2.65 bits per heavy atom. The monoisotopic (exact) mass is 279 g/mol. The maximum atomic E-state index is 12.1. The molecule has 1 aromatic rings. The number of carbonyl (C=O) groups is 2. The van der Waals surface area contributed by atoms with Crippen LogP contribution in [0.5, 0.6) is 0 Å². The van der Waals surface area contributed by atoms with E-state index in [1.54, 1.807) is 12.3 Å². The highest BCUT2D eigenvalue weighted by Crippen LogP contribution is 2.44. The van der Waals surface area contributed by atoms with Crippen molar-refractivity contribution in [1.82, 2.24) is 5.32 Å². The third-order valence-electron chi connectivity index (χ3n) is 4.07. The maximum absolute atomic E-state index is 12.1. The van der Waals surface area contributed by atoms with Gasteiger partial charge in [-0.2, -0.15) is 0 Å². The first-order chi connectivity index (χ1) is 9.51. The van der Waals surface area contributed by atoms with Crippen LogP contribution in [0.3, 0.4) is 0 Å². The molecule has 0 bridgehead atoms.